The number of nitrogens with one attached hydrogen (secondary N) is 3. The van der Waals surface area contributed by atoms with E-state index in [1.54, 1.807) is 0 Å². The lowest BCUT2D eigenvalue weighted by Crippen LogP contribution is -2.47. The number of rotatable bonds is 10. The minimum Gasteiger partial charge on any atom is -0.369 e. The first-order valence-corrected chi connectivity index (χ1v) is 13.0. The highest BCUT2D eigenvalue weighted by Gasteiger charge is 2.51. The van der Waals surface area contributed by atoms with Crippen LogP contribution in [0.1, 0.15) is 65.2 Å². The molecule has 3 N–H and O–H groups in total. The van der Waals surface area contributed by atoms with Crippen molar-refractivity contribution in [2.45, 2.75) is 65.2 Å². The highest BCUT2D eigenvalue weighted by molar-refractivity contribution is 6.01. The predicted molar refractivity (Wildman–Crippen MR) is 136 cm³/mol. The van der Waals surface area contributed by atoms with Crippen LogP contribution in [0, 0.1) is 35.6 Å². The topological polar surface area (TPSA) is 66.0 Å². The highest BCUT2D eigenvalue weighted by Crippen LogP contribution is 2.61. The Bertz CT molecular complexity index is 952. The van der Waals surface area contributed by atoms with Crippen molar-refractivity contribution in [1.82, 2.24) is 10.3 Å². The molecule has 177 valence electrons. The van der Waals surface area contributed by atoms with Crippen molar-refractivity contribution in [2.24, 2.45) is 29.1 Å². The van der Waals surface area contributed by atoms with E-state index < -0.39 is 0 Å². The number of aromatic nitrogens is 1. The molecule has 1 aromatic carbocycles. The number of hydrogen-bond donors (Lipinski definition) is 3. The lowest BCUT2D eigenvalue weighted by Gasteiger charge is -2.56. The molecule has 6 rings (SSSR count). The largest absolute Gasteiger partial charge is 0.369 e. The zero-order valence-electron chi connectivity index (χ0n) is 20.2. The molecule has 1 heterocycles. The fourth-order valence-electron chi connectivity index (χ4n) is 7.07. The van der Waals surface area contributed by atoms with Crippen LogP contribution in [0.3, 0.4) is 0 Å². The Hall–Kier alpha value is -2.14. The molecule has 1 amide bonds. The van der Waals surface area contributed by atoms with Gasteiger partial charge < -0.3 is 16.0 Å². The quantitative estimate of drug-likeness (QED) is 0.392. The van der Waals surface area contributed by atoms with E-state index in [2.05, 4.69) is 42.4 Å². The third kappa shape index (κ3) is 5.18. The van der Waals surface area contributed by atoms with E-state index >= 15 is 0 Å². The van der Waals surface area contributed by atoms with Gasteiger partial charge in [-0.1, -0.05) is 26.3 Å². The molecule has 1 aromatic heterocycles. The number of hydrogen-bond acceptors (Lipinski definition) is 4. The highest BCUT2D eigenvalue weighted by atomic mass is 16.1. The summed E-state index contributed by atoms with van der Waals surface area (Å²) in [5.41, 5.74) is 2.05. The van der Waals surface area contributed by atoms with E-state index in [9.17, 15) is 4.79 Å². The normalized spacial score (nSPS) is 28.7. The third-order valence-electron chi connectivity index (χ3n) is 8.33. The summed E-state index contributed by atoms with van der Waals surface area (Å²) in [4.78, 5) is 17.9. The fraction of sp³-hybridized carbons (Fsp3) is 0.607. The van der Waals surface area contributed by atoms with Crippen LogP contribution in [-0.2, 0) is 4.79 Å². The molecule has 33 heavy (non-hydrogen) atoms. The van der Waals surface area contributed by atoms with Crippen LogP contribution in [0.2, 0.25) is 0 Å². The number of fused-ring (bicyclic) bond motifs is 1. The molecule has 0 spiro atoms. The maximum Gasteiger partial charge on any atom is 0.224 e. The maximum atomic E-state index is 13.1. The Morgan fingerprint density at radius 1 is 1.09 bits per heavy atom. The first-order chi connectivity index (χ1) is 16.0. The van der Waals surface area contributed by atoms with Gasteiger partial charge in [-0.25, -0.2) is 4.98 Å². The van der Waals surface area contributed by atoms with Crippen molar-refractivity contribution in [3.63, 3.8) is 0 Å². The van der Waals surface area contributed by atoms with E-state index in [1.165, 1.54) is 38.5 Å². The summed E-state index contributed by atoms with van der Waals surface area (Å²) in [6, 6.07) is 10.1. The summed E-state index contributed by atoms with van der Waals surface area (Å²) in [6.07, 6.45) is 9.87. The molecule has 4 fully saturated rings. The zero-order chi connectivity index (χ0) is 22.8. The summed E-state index contributed by atoms with van der Waals surface area (Å²) >= 11 is 0. The minimum absolute atomic E-state index is 0.176. The summed E-state index contributed by atoms with van der Waals surface area (Å²) in [5, 5.41) is 11.0. The van der Waals surface area contributed by atoms with Crippen molar-refractivity contribution in [1.29, 1.82) is 0 Å². The van der Waals surface area contributed by atoms with E-state index in [0.29, 0.717) is 12.3 Å². The van der Waals surface area contributed by atoms with E-state index in [-0.39, 0.29) is 11.3 Å². The van der Waals surface area contributed by atoms with Gasteiger partial charge in [-0.05, 0) is 91.9 Å². The predicted octanol–water partition coefficient (Wildman–Crippen LogP) is 5.99. The lowest BCUT2D eigenvalue weighted by atomic mass is 9.49. The summed E-state index contributed by atoms with van der Waals surface area (Å²) < 4.78 is 0. The van der Waals surface area contributed by atoms with Crippen LogP contribution >= 0.6 is 0 Å². The molecular weight excluding hydrogens is 408 g/mol. The minimum atomic E-state index is 0.176. The zero-order valence-corrected chi connectivity index (χ0v) is 20.2. The number of carbonyl (C=O) groups excluding carboxylic acids is 1. The number of nitrogens with zero attached hydrogens (tertiary/aromatic N) is 1. The molecule has 0 aliphatic heterocycles. The lowest BCUT2D eigenvalue weighted by molar-refractivity contribution is -0.124. The molecular formula is C28H39N4O. The SMILES string of the molecule is CCC(C)[CH]NCCNc1ccc2c(NC(=O)CC34CC5CC(CC(C5)C3)C4)cccc2n1. The summed E-state index contributed by atoms with van der Waals surface area (Å²) in [6.45, 7) is 8.25. The molecule has 2 aromatic rings. The Morgan fingerprint density at radius 2 is 1.82 bits per heavy atom. The summed E-state index contributed by atoms with van der Waals surface area (Å²) in [5.74, 6) is 4.25. The van der Waals surface area contributed by atoms with Crippen molar-refractivity contribution in [3.05, 3.63) is 36.9 Å². The second-order valence-electron chi connectivity index (χ2n) is 11.1. The first-order valence-electron chi connectivity index (χ1n) is 13.0. The van der Waals surface area contributed by atoms with Gasteiger partial charge in [0.1, 0.15) is 5.82 Å². The Labute approximate surface area is 198 Å². The average molecular weight is 448 g/mol. The second kappa shape index (κ2) is 9.61. The molecule has 0 saturated heterocycles. The average Bonchev–Trinajstić information content (AvgIpc) is 2.77. The molecule has 1 unspecified atom stereocenters. The van der Waals surface area contributed by atoms with Crippen molar-refractivity contribution >= 4 is 28.3 Å². The first kappa shape index (κ1) is 22.6. The van der Waals surface area contributed by atoms with Gasteiger partial charge in [0.2, 0.25) is 5.91 Å². The van der Waals surface area contributed by atoms with Gasteiger partial charge in [0, 0.05) is 31.4 Å². The number of amides is 1. The van der Waals surface area contributed by atoms with Crippen molar-refractivity contribution in [2.75, 3.05) is 23.7 Å². The Balaban J connectivity index is 1.19. The molecule has 4 saturated carbocycles. The fourth-order valence-corrected chi connectivity index (χ4v) is 7.07. The molecule has 1 atom stereocenters. The van der Waals surface area contributed by atoms with Gasteiger partial charge in [-0.15, -0.1) is 0 Å². The monoisotopic (exact) mass is 447 g/mol. The van der Waals surface area contributed by atoms with Crippen molar-refractivity contribution in [3.8, 4) is 0 Å². The van der Waals surface area contributed by atoms with E-state index in [4.69, 9.17) is 4.98 Å². The van der Waals surface area contributed by atoms with Crippen LogP contribution in [0.5, 0.6) is 0 Å². The molecule has 4 bridgehead atoms. The summed E-state index contributed by atoms with van der Waals surface area (Å²) in [7, 11) is 0. The van der Waals surface area contributed by atoms with Gasteiger partial charge in [-0.3, -0.25) is 4.79 Å². The van der Waals surface area contributed by atoms with Gasteiger partial charge in [0.25, 0.3) is 0 Å². The molecule has 1 radical (unpaired) electrons. The standard InChI is InChI=1S/C28H39N4O/c1-3-19(2)18-29-9-10-30-26-8-7-23-24(31-26)5-4-6-25(23)32-27(33)17-28-14-20-11-21(15-28)13-22(12-20)16-28/h4-8,18-22,29H,3,9-17H2,1-2H3,(H,30,31)(H,32,33). The molecule has 4 aliphatic carbocycles. The van der Waals surface area contributed by atoms with E-state index in [1.807, 2.05) is 24.3 Å². The van der Waals surface area contributed by atoms with Crippen LogP contribution in [0.4, 0.5) is 11.5 Å². The van der Waals surface area contributed by atoms with Crippen LogP contribution in [-0.4, -0.2) is 24.0 Å². The van der Waals surface area contributed by atoms with Gasteiger partial charge >= 0.3 is 0 Å². The van der Waals surface area contributed by atoms with Crippen LogP contribution in [0.15, 0.2) is 30.3 Å². The van der Waals surface area contributed by atoms with Gasteiger partial charge in [0.05, 0.1) is 11.2 Å². The maximum absolute atomic E-state index is 13.1. The molecule has 5 heteroatoms. The number of pyridine rings is 1. The smallest absolute Gasteiger partial charge is 0.224 e. The van der Waals surface area contributed by atoms with Gasteiger partial charge in [0.15, 0.2) is 0 Å². The Kier molecular flexibility index (Phi) is 6.60. The van der Waals surface area contributed by atoms with E-state index in [0.717, 1.165) is 59.7 Å². The van der Waals surface area contributed by atoms with Gasteiger partial charge in [-0.2, -0.15) is 0 Å². The molecule has 5 nitrogen and oxygen atoms in total. The number of benzene rings is 1. The number of anilines is 2. The van der Waals surface area contributed by atoms with Crippen molar-refractivity contribution < 1.29 is 4.79 Å². The molecule has 4 aliphatic rings. The second-order valence-corrected chi connectivity index (χ2v) is 11.1. The van der Waals surface area contributed by atoms with Crippen LogP contribution < -0.4 is 16.0 Å². The Morgan fingerprint density at radius 3 is 2.52 bits per heavy atom. The third-order valence-corrected chi connectivity index (χ3v) is 8.33. The number of carbonyl (C=O) groups is 1. The van der Waals surface area contributed by atoms with Crippen LogP contribution in [0.25, 0.3) is 10.9 Å².